The Hall–Kier alpha value is -0.850. The molecular formula is C10H18N2O3S. The normalized spacial score (nSPS) is 12.2. The first kappa shape index (κ1) is 13.2. The summed E-state index contributed by atoms with van der Waals surface area (Å²) in [5.74, 6) is 0.920. The molecule has 0 radical (unpaired) electrons. The SMILES string of the molecule is CC(C)CCNS(=O)(=O)c1ccc(CN)o1. The van der Waals surface area contributed by atoms with Crippen LogP contribution in [0.3, 0.4) is 0 Å². The number of hydrogen-bond donors (Lipinski definition) is 2. The van der Waals surface area contributed by atoms with Crippen molar-refractivity contribution in [1.29, 1.82) is 0 Å². The van der Waals surface area contributed by atoms with Crippen molar-refractivity contribution < 1.29 is 12.8 Å². The van der Waals surface area contributed by atoms with Crippen LogP contribution in [-0.2, 0) is 16.6 Å². The Bertz CT molecular complexity index is 423. The van der Waals surface area contributed by atoms with Crippen LogP contribution in [0, 0.1) is 5.92 Å². The molecule has 0 aliphatic heterocycles. The highest BCUT2D eigenvalue weighted by Crippen LogP contribution is 2.13. The fourth-order valence-electron chi connectivity index (χ4n) is 1.17. The highest BCUT2D eigenvalue weighted by molar-refractivity contribution is 7.89. The van der Waals surface area contributed by atoms with Gasteiger partial charge in [-0.05, 0) is 24.5 Å². The van der Waals surface area contributed by atoms with Crippen LogP contribution in [0.2, 0.25) is 0 Å². The first-order valence-corrected chi connectivity index (χ1v) is 6.72. The van der Waals surface area contributed by atoms with Crippen molar-refractivity contribution in [1.82, 2.24) is 4.72 Å². The minimum Gasteiger partial charge on any atom is -0.447 e. The summed E-state index contributed by atoms with van der Waals surface area (Å²) >= 11 is 0. The van der Waals surface area contributed by atoms with Gasteiger partial charge >= 0.3 is 0 Å². The minimum absolute atomic E-state index is 0.0725. The van der Waals surface area contributed by atoms with Crippen molar-refractivity contribution in [2.75, 3.05) is 6.54 Å². The lowest BCUT2D eigenvalue weighted by atomic mass is 10.1. The number of furan rings is 1. The Morgan fingerprint density at radius 2 is 2.12 bits per heavy atom. The van der Waals surface area contributed by atoms with Gasteiger partial charge in [0, 0.05) is 6.54 Å². The Kier molecular flexibility index (Phi) is 4.52. The molecule has 0 saturated heterocycles. The minimum atomic E-state index is -3.52. The fourth-order valence-corrected chi connectivity index (χ4v) is 2.16. The molecule has 0 atom stereocenters. The molecule has 1 rings (SSSR count). The zero-order chi connectivity index (χ0) is 12.2. The monoisotopic (exact) mass is 246 g/mol. The molecule has 0 amide bonds. The van der Waals surface area contributed by atoms with Crippen LogP contribution in [0.4, 0.5) is 0 Å². The number of hydrogen-bond acceptors (Lipinski definition) is 4. The van der Waals surface area contributed by atoms with E-state index in [1.807, 2.05) is 13.8 Å². The summed E-state index contributed by atoms with van der Waals surface area (Å²) in [5.41, 5.74) is 5.34. The van der Waals surface area contributed by atoms with Gasteiger partial charge in [0.1, 0.15) is 5.76 Å². The molecule has 3 N–H and O–H groups in total. The van der Waals surface area contributed by atoms with Gasteiger partial charge in [0.15, 0.2) is 0 Å². The van der Waals surface area contributed by atoms with Crippen LogP contribution in [0.1, 0.15) is 26.0 Å². The van der Waals surface area contributed by atoms with Crippen LogP contribution in [0.5, 0.6) is 0 Å². The van der Waals surface area contributed by atoms with Gasteiger partial charge in [-0.25, -0.2) is 13.1 Å². The lowest BCUT2D eigenvalue weighted by Gasteiger charge is -2.05. The van der Waals surface area contributed by atoms with Crippen molar-refractivity contribution in [3.05, 3.63) is 17.9 Å². The maximum Gasteiger partial charge on any atom is 0.273 e. The van der Waals surface area contributed by atoms with E-state index in [0.29, 0.717) is 18.2 Å². The smallest absolute Gasteiger partial charge is 0.273 e. The van der Waals surface area contributed by atoms with Crippen LogP contribution in [0.25, 0.3) is 0 Å². The van der Waals surface area contributed by atoms with Crippen LogP contribution in [-0.4, -0.2) is 15.0 Å². The molecule has 0 unspecified atom stereocenters. The fraction of sp³-hybridized carbons (Fsp3) is 0.600. The molecule has 1 aromatic heterocycles. The summed E-state index contributed by atoms with van der Waals surface area (Å²) in [6, 6.07) is 2.98. The third-order valence-corrected chi connectivity index (χ3v) is 3.45. The molecule has 0 bridgehead atoms. The van der Waals surface area contributed by atoms with E-state index in [9.17, 15) is 8.42 Å². The maximum atomic E-state index is 11.7. The predicted octanol–water partition coefficient (Wildman–Crippen LogP) is 1.06. The van der Waals surface area contributed by atoms with Crippen LogP contribution >= 0.6 is 0 Å². The average molecular weight is 246 g/mol. The van der Waals surface area contributed by atoms with E-state index < -0.39 is 10.0 Å². The molecular weight excluding hydrogens is 228 g/mol. The summed E-state index contributed by atoms with van der Waals surface area (Å²) in [5, 5.41) is -0.0725. The third-order valence-electron chi connectivity index (χ3n) is 2.12. The molecule has 1 aromatic rings. The zero-order valence-electron chi connectivity index (χ0n) is 9.56. The van der Waals surface area contributed by atoms with Gasteiger partial charge < -0.3 is 10.2 Å². The predicted molar refractivity (Wildman–Crippen MR) is 61.2 cm³/mol. The van der Waals surface area contributed by atoms with Gasteiger partial charge in [0.2, 0.25) is 5.09 Å². The third kappa shape index (κ3) is 3.62. The number of sulfonamides is 1. The van der Waals surface area contributed by atoms with Crippen molar-refractivity contribution in [2.45, 2.75) is 31.9 Å². The second-order valence-corrected chi connectivity index (χ2v) is 5.70. The van der Waals surface area contributed by atoms with Crippen molar-refractivity contribution in [2.24, 2.45) is 11.7 Å². The topological polar surface area (TPSA) is 85.3 Å². The molecule has 0 spiro atoms. The summed E-state index contributed by atoms with van der Waals surface area (Å²) in [7, 11) is -3.52. The van der Waals surface area contributed by atoms with Gasteiger partial charge in [-0.1, -0.05) is 13.8 Å². The van der Waals surface area contributed by atoms with E-state index in [4.69, 9.17) is 10.2 Å². The molecule has 6 heteroatoms. The summed E-state index contributed by atoms with van der Waals surface area (Å²) < 4.78 is 31.0. The van der Waals surface area contributed by atoms with Gasteiger partial charge in [0.05, 0.1) is 6.54 Å². The number of nitrogens with two attached hydrogens (primary N) is 1. The molecule has 0 aliphatic carbocycles. The van der Waals surface area contributed by atoms with E-state index in [2.05, 4.69) is 4.72 Å². The van der Waals surface area contributed by atoms with E-state index in [1.165, 1.54) is 6.07 Å². The quantitative estimate of drug-likeness (QED) is 0.786. The van der Waals surface area contributed by atoms with Crippen LogP contribution in [0.15, 0.2) is 21.6 Å². The largest absolute Gasteiger partial charge is 0.447 e. The molecule has 0 saturated carbocycles. The Balaban J connectivity index is 2.63. The van der Waals surface area contributed by atoms with Crippen molar-refractivity contribution >= 4 is 10.0 Å². The second-order valence-electron chi connectivity index (χ2n) is 4.01. The highest BCUT2D eigenvalue weighted by Gasteiger charge is 2.17. The van der Waals surface area contributed by atoms with Crippen molar-refractivity contribution in [3.63, 3.8) is 0 Å². The summed E-state index contributed by atoms with van der Waals surface area (Å²) in [4.78, 5) is 0. The number of nitrogens with one attached hydrogen (secondary N) is 1. The van der Waals surface area contributed by atoms with Gasteiger partial charge in [0.25, 0.3) is 10.0 Å². The first-order chi connectivity index (χ1) is 7.45. The molecule has 0 aliphatic rings. The van der Waals surface area contributed by atoms with E-state index >= 15 is 0 Å². The van der Waals surface area contributed by atoms with Gasteiger partial charge in [-0.3, -0.25) is 0 Å². The summed E-state index contributed by atoms with van der Waals surface area (Å²) in [6.45, 7) is 4.68. The number of rotatable bonds is 6. The second kappa shape index (κ2) is 5.47. The molecule has 0 fully saturated rings. The van der Waals surface area contributed by atoms with Gasteiger partial charge in [-0.2, -0.15) is 0 Å². The summed E-state index contributed by atoms with van der Waals surface area (Å²) in [6.07, 6.45) is 0.795. The Labute approximate surface area is 96.1 Å². The molecule has 1 heterocycles. The molecule has 92 valence electrons. The molecule has 16 heavy (non-hydrogen) atoms. The maximum absolute atomic E-state index is 11.7. The first-order valence-electron chi connectivity index (χ1n) is 5.24. The highest BCUT2D eigenvalue weighted by atomic mass is 32.2. The van der Waals surface area contributed by atoms with Gasteiger partial charge in [-0.15, -0.1) is 0 Å². The average Bonchev–Trinajstić information content (AvgIpc) is 2.65. The van der Waals surface area contributed by atoms with E-state index in [0.717, 1.165) is 6.42 Å². The standard InChI is InChI=1S/C10H18N2O3S/c1-8(2)5-6-12-16(13,14)10-4-3-9(7-11)15-10/h3-4,8,12H,5-7,11H2,1-2H3. The molecule has 5 nitrogen and oxygen atoms in total. The van der Waals surface area contributed by atoms with E-state index in [-0.39, 0.29) is 11.6 Å². The van der Waals surface area contributed by atoms with E-state index in [1.54, 1.807) is 6.07 Å². The Morgan fingerprint density at radius 1 is 1.44 bits per heavy atom. The Morgan fingerprint density at radius 3 is 2.62 bits per heavy atom. The van der Waals surface area contributed by atoms with Crippen LogP contribution < -0.4 is 10.5 Å². The zero-order valence-corrected chi connectivity index (χ0v) is 10.4. The lowest BCUT2D eigenvalue weighted by molar-refractivity contribution is 0.412. The van der Waals surface area contributed by atoms with Crippen molar-refractivity contribution in [3.8, 4) is 0 Å². The molecule has 0 aromatic carbocycles. The lowest BCUT2D eigenvalue weighted by Crippen LogP contribution is -2.25.